The van der Waals surface area contributed by atoms with Gasteiger partial charge >= 0.3 is 5.97 Å². The number of sulfone groups is 1. The van der Waals surface area contributed by atoms with Gasteiger partial charge in [-0.15, -0.1) is 0 Å². The number of carbonyl (C=O) groups is 3. The fourth-order valence-corrected chi connectivity index (χ4v) is 5.16. The summed E-state index contributed by atoms with van der Waals surface area (Å²) in [5.74, 6) is -0.868. The summed E-state index contributed by atoms with van der Waals surface area (Å²) in [6.45, 7) is 3.94. The van der Waals surface area contributed by atoms with E-state index in [9.17, 15) is 27.6 Å². The van der Waals surface area contributed by atoms with Crippen LogP contribution in [0.2, 0.25) is 0 Å². The van der Waals surface area contributed by atoms with Gasteiger partial charge < -0.3 is 14.8 Å². The third-order valence-electron chi connectivity index (χ3n) is 4.63. The lowest BCUT2D eigenvalue weighted by atomic mass is 10.0. The molecule has 0 saturated carbocycles. The number of nitrogens with one attached hydrogen (secondary N) is 1. The second-order valence-corrected chi connectivity index (χ2v) is 8.56. The summed E-state index contributed by atoms with van der Waals surface area (Å²) in [4.78, 5) is 48.6. The Bertz CT molecular complexity index is 1130. The molecule has 0 unspecified atom stereocenters. The van der Waals surface area contributed by atoms with Gasteiger partial charge in [0.1, 0.15) is 30.0 Å². The van der Waals surface area contributed by atoms with Crippen LogP contribution >= 0.6 is 0 Å². The van der Waals surface area contributed by atoms with Crippen LogP contribution in [0, 0.1) is 0 Å². The van der Waals surface area contributed by atoms with Gasteiger partial charge in [-0.25, -0.2) is 18.0 Å². The molecule has 1 aromatic rings. The smallest absolute Gasteiger partial charge is 0.355 e. The molecule has 1 fully saturated rings. The number of rotatable bonds is 7. The zero-order valence-corrected chi connectivity index (χ0v) is 17.2. The molecule has 1 saturated heterocycles. The summed E-state index contributed by atoms with van der Waals surface area (Å²) in [5.41, 5.74) is -0.651. The number of fused-ring (bicyclic) bond motifs is 1. The Kier molecular flexibility index (Phi) is 6.09. The van der Waals surface area contributed by atoms with Crippen LogP contribution < -0.4 is 10.1 Å². The average Bonchev–Trinajstić information content (AvgIpc) is 2.74. The Hall–Kier alpha value is -3.69. The van der Waals surface area contributed by atoms with E-state index in [1.165, 1.54) is 18.9 Å². The maximum Gasteiger partial charge on any atom is 0.355 e. The zero-order chi connectivity index (χ0) is 22.8. The fourth-order valence-electron chi connectivity index (χ4n) is 3.24. The van der Waals surface area contributed by atoms with Crippen molar-refractivity contribution < 1.29 is 37.1 Å². The van der Waals surface area contributed by atoms with Gasteiger partial charge in [0.2, 0.25) is 9.84 Å². The first-order valence-electron chi connectivity index (χ1n) is 9.02. The number of hydrogen-bond donors (Lipinski definition) is 1. The summed E-state index contributed by atoms with van der Waals surface area (Å²) >= 11 is 0. The van der Waals surface area contributed by atoms with Crippen LogP contribution in [0.25, 0.3) is 0 Å². The lowest BCUT2D eigenvalue weighted by Gasteiger charge is -2.48. The van der Waals surface area contributed by atoms with Crippen molar-refractivity contribution in [3.05, 3.63) is 59.2 Å². The summed E-state index contributed by atoms with van der Waals surface area (Å²) in [6.07, 6.45) is 1.29. The Morgan fingerprint density at radius 2 is 1.97 bits per heavy atom. The molecule has 31 heavy (non-hydrogen) atoms. The topological polar surface area (TPSA) is 136 Å². The number of ether oxygens (including phenoxy) is 2. The van der Waals surface area contributed by atoms with Crippen molar-refractivity contribution in [3.8, 4) is 5.75 Å². The van der Waals surface area contributed by atoms with Gasteiger partial charge in [-0.1, -0.05) is 30.9 Å². The van der Waals surface area contributed by atoms with Crippen molar-refractivity contribution in [2.45, 2.75) is 18.3 Å². The molecular formula is C20H18N2O8S. The monoisotopic (exact) mass is 446 g/mol. The van der Waals surface area contributed by atoms with E-state index < -0.39 is 56.2 Å². The molecule has 1 aromatic carbocycles. The van der Waals surface area contributed by atoms with Crippen molar-refractivity contribution in [2.24, 2.45) is 0 Å². The molecule has 0 aromatic heterocycles. The van der Waals surface area contributed by atoms with Crippen molar-refractivity contribution in [3.63, 3.8) is 0 Å². The summed E-state index contributed by atoms with van der Waals surface area (Å²) in [7, 11) is -4.39. The fraction of sp³-hybridized carbons (Fsp3) is 0.250. The minimum absolute atomic E-state index is 0.188. The number of β-lactam (4-membered cyclic amide) rings is 1. The predicted octanol–water partition coefficient (Wildman–Crippen LogP) is -0.134. The first-order valence-corrected chi connectivity index (χ1v) is 10.6. The normalized spacial score (nSPS) is 21.4. The standard InChI is InChI=1S/C20H18N2O8S/c1-3-9-29-20(26)17-12(2)14(10-23)31(27,28)19-16(18(25)22(17)19)21-15(24)11-30-13-7-5-4-6-8-13/h3-8,16,19H,1,9,11H2,2H3,(H,21,24)/t16-,19+/m1/s1. The second-order valence-electron chi connectivity index (χ2n) is 6.58. The van der Waals surface area contributed by atoms with E-state index in [0.29, 0.717) is 10.6 Å². The highest BCUT2D eigenvalue weighted by molar-refractivity contribution is 7.96. The minimum atomic E-state index is -4.39. The van der Waals surface area contributed by atoms with Crippen LogP contribution in [0.5, 0.6) is 5.75 Å². The molecule has 0 spiro atoms. The van der Waals surface area contributed by atoms with E-state index in [1.807, 2.05) is 0 Å². The highest BCUT2D eigenvalue weighted by Crippen LogP contribution is 2.41. The van der Waals surface area contributed by atoms with E-state index in [0.717, 1.165) is 0 Å². The lowest BCUT2D eigenvalue weighted by Crippen LogP contribution is -2.74. The van der Waals surface area contributed by atoms with Crippen molar-refractivity contribution in [1.29, 1.82) is 0 Å². The Morgan fingerprint density at radius 3 is 2.58 bits per heavy atom. The van der Waals surface area contributed by atoms with E-state index >= 15 is 0 Å². The van der Waals surface area contributed by atoms with Gasteiger partial charge in [-0.05, 0) is 19.1 Å². The van der Waals surface area contributed by atoms with Crippen LogP contribution in [-0.4, -0.2) is 61.7 Å². The van der Waals surface area contributed by atoms with Crippen molar-refractivity contribution in [1.82, 2.24) is 10.2 Å². The average molecular weight is 446 g/mol. The maximum absolute atomic E-state index is 12.8. The van der Waals surface area contributed by atoms with Gasteiger partial charge in [0, 0.05) is 5.57 Å². The molecule has 1 N–H and O–H groups in total. The third kappa shape index (κ3) is 3.88. The van der Waals surface area contributed by atoms with Crippen LogP contribution in [0.1, 0.15) is 6.92 Å². The van der Waals surface area contributed by atoms with Crippen LogP contribution in [-0.2, 0) is 33.8 Å². The molecule has 2 aliphatic rings. The second kappa shape index (κ2) is 8.58. The van der Waals surface area contributed by atoms with Gasteiger partial charge in [-0.2, -0.15) is 0 Å². The molecule has 2 aliphatic heterocycles. The molecule has 2 atom stereocenters. The molecule has 0 aliphatic carbocycles. The number of amides is 2. The van der Waals surface area contributed by atoms with Crippen LogP contribution in [0.3, 0.4) is 0 Å². The molecule has 162 valence electrons. The molecule has 11 heteroatoms. The lowest BCUT2D eigenvalue weighted by molar-refractivity contribution is -0.152. The molecule has 0 radical (unpaired) electrons. The summed E-state index contributed by atoms with van der Waals surface area (Å²) in [6, 6.07) is 6.88. The molecule has 2 amide bonds. The number of esters is 1. The number of carbonyl (C=O) groups excluding carboxylic acids is 4. The maximum atomic E-state index is 12.8. The highest BCUT2D eigenvalue weighted by atomic mass is 32.2. The Balaban J connectivity index is 1.84. The number of hydrogen-bond acceptors (Lipinski definition) is 8. The van der Waals surface area contributed by atoms with Gasteiger partial charge in [0.25, 0.3) is 11.8 Å². The Labute approximate surface area is 177 Å². The molecule has 10 nitrogen and oxygen atoms in total. The van der Waals surface area contributed by atoms with Crippen LogP contribution in [0.4, 0.5) is 0 Å². The number of benzene rings is 1. The van der Waals surface area contributed by atoms with E-state index in [-0.39, 0.29) is 12.2 Å². The first kappa shape index (κ1) is 22.0. The summed E-state index contributed by atoms with van der Waals surface area (Å²) < 4.78 is 35.9. The summed E-state index contributed by atoms with van der Waals surface area (Å²) in [5, 5.41) is 0.611. The van der Waals surface area contributed by atoms with Crippen molar-refractivity contribution in [2.75, 3.05) is 13.2 Å². The van der Waals surface area contributed by atoms with E-state index in [1.54, 1.807) is 30.3 Å². The van der Waals surface area contributed by atoms with Gasteiger partial charge in [-0.3, -0.25) is 14.5 Å². The minimum Gasteiger partial charge on any atom is -0.484 e. The Morgan fingerprint density at radius 1 is 1.29 bits per heavy atom. The number of para-hydroxylation sites is 1. The van der Waals surface area contributed by atoms with Gasteiger partial charge in [0.15, 0.2) is 16.9 Å². The molecule has 0 bridgehead atoms. The molecule has 3 rings (SSSR count). The zero-order valence-electron chi connectivity index (χ0n) is 16.4. The predicted molar refractivity (Wildman–Crippen MR) is 106 cm³/mol. The first-order chi connectivity index (χ1) is 14.7. The highest BCUT2D eigenvalue weighted by Gasteiger charge is 2.62. The number of allylic oxidation sites excluding steroid dienone is 1. The largest absolute Gasteiger partial charge is 0.484 e. The molecular weight excluding hydrogens is 428 g/mol. The van der Waals surface area contributed by atoms with Crippen molar-refractivity contribution >= 4 is 33.6 Å². The SMILES string of the molecule is C=CCOC(=O)C1=C(C)C(=C=O)S(=O)(=O)[C@H]2[C@H](NC(=O)COc3ccccc3)C(=O)N12. The van der Waals surface area contributed by atoms with Crippen LogP contribution in [0.15, 0.2) is 59.2 Å². The quantitative estimate of drug-likeness (QED) is 0.265. The van der Waals surface area contributed by atoms with E-state index in [4.69, 9.17) is 9.47 Å². The third-order valence-corrected chi connectivity index (χ3v) is 6.71. The van der Waals surface area contributed by atoms with Gasteiger partial charge in [0.05, 0.1) is 0 Å². The number of nitrogens with zero attached hydrogens (tertiary/aromatic N) is 1. The van der Waals surface area contributed by atoms with E-state index in [2.05, 4.69) is 11.9 Å². The molecule has 2 heterocycles.